The molecule has 1 nitrogen and oxygen atoms in total. The highest BCUT2D eigenvalue weighted by atomic mass is 32.1. The Kier molecular flexibility index (Phi) is 7.32. The van der Waals surface area contributed by atoms with Crippen LogP contribution in [0.3, 0.4) is 0 Å². The van der Waals surface area contributed by atoms with E-state index in [0.717, 1.165) is 27.3 Å². The zero-order valence-corrected chi connectivity index (χ0v) is 16.0. The Morgan fingerprint density at radius 3 is 2.00 bits per heavy atom. The van der Waals surface area contributed by atoms with Gasteiger partial charge >= 0.3 is 0 Å². The van der Waals surface area contributed by atoms with Crippen molar-refractivity contribution in [3.05, 3.63) is 83.7 Å². The standard InChI is InChI=1S/C21H15FOS.C2H6/c1-23-19-10-3-15(4-11-19)2-5-17-6-7-18(14-21(17)22)16-8-12-20(24)13-9-16;1-2/h3-4,6-14,24H,1H3;1-2H3. The van der Waals surface area contributed by atoms with Crippen LogP contribution in [0.25, 0.3) is 11.1 Å². The lowest BCUT2D eigenvalue weighted by atomic mass is 10.0. The van der Waals surface area contributed by atoms with Crippen molar-refractivity contribution in [1.82, 2.24) is 0 Å². The number of halogens is 1. The van der Waals surface area contributed by atoms with Crippen molar-refractivity contribution in [3.8, 4) is 28.7 Å². The first kappa shape index (κ1) is 19.6. The van der Waals surface area contributed by atoms with Gasteiger partial charge in [-0.25, -0.2) is 4.39 Å². The van der Waals surface area contributed by atoms with Gasteiger partial charge in [-0.3, -0.25) is 0 Å². The highest BCUT2D eigenvalue weighted by Crippen LogP contribution is 2.23. The molecule has 3 heteroatoms. The number of thiol groups is 1. The van der Waals surface area contributed by atoms with Crippen molar-refractivity contribution in [3.63, 3.8) is 0 Å². The molecule has 0 saturated carbocycles. The maximum absolute atomic E-state index is 14.3. The third-order valence-electron chi connectivity index (χ3n) is 3.60. The number of hydrogen-bond acceptors (Lipinski definition) is 2. The quantitative estimate of drug-likeness (QED) is 0.420. The molecule has 0 radical (unpaired) electrons. The minimum atomic E-state index is -0.330. The van der Waals surface area contributed by atoms with E-state index in [2.05, 4.69) is 24.5 Å². The summed E-state index contributed by atoms with van der Waals surface area (Å²) in [4.78, 5) is 0.876. The minimum absolute atomic E-state index is 0.330. The first-order chi connectivity index (χ1) is 12.7. The molecule has 0 aliphatic heterocycles. The van der Waals surface area contributed by atoms with Crippen LogP contribution in [0, 0.1) is 17.7 Å². The summed E-state index contributed by atoms with van der Waals surface area (Å²) in [6.07, 6.45) is 0. The molecule has 0 aromatic heterocycles. The SMILES string of the molecule is CC.COc1ccc(C#Cc2ccc(-c3ccc(S)cc3)cc2F)cc1. The molecule has 0 bridgehead atoms. The topological polar surface area (TPSA) is 9.23 Å². The number of benzene rings is 3. The molecule has 3 aromatic carbocycles. The second-order valence-electron chi connectivity index (χ2n) is 5.22. The van der Waals surface area contributed by atoms with Crippen LogP contribution in [-0.4, -0.2) is 7.11 Å². The van der Waals surface area contributed by atoms with Crippen LogP contribution in [0.4, 0.5) is 4.39 Å². The molecule has 0 heterocycles. The summed E-state index contributed by atoms with van der Waals surface area (Å²) in [7, 11) is 1.61. The highest BCUT2D eigenvalue weighted by molar-refractivity contribution is 7.80. The van der Waals surface area contributed by atoms with Crippen LogP contribution >= 0.6 is 12.6 Å². The van der Waals surface area contributed by atoms with Crippen LogP contribution in [-0.2, 0) is 0 Å². The lowest BCUT2D eigenvalue weighted by Crippen LogP contribution is -1.86. The van der Waals surface area contributed by atoms with Gasteiger partial charge in [-0.1, -0.05) is 43.9 Å². The zero-order chi connectivity index (χ0) is 18.9. The average molecular weight is 364 g/mol. The van der Waals surface area contributed by atoms with E-state index >= 15 is 0 Å². The molecule has 0 unspecified atom stereocenters. The second kappa shape index (κ2) is 9.70. The third-order valence-corrected chi connectivity index (χ3v) is 3.90. The van der Waals surface area contributed by atoms with Gasteiger partial charge < -0.3 is 4.74 Å². The van der Waals surface area contributed by atoms with Crippen molar-refractivity contribution < 1.29 is 9.13 Å². The summed E-state index contributed by atoms with van der Waals surface area (Å²) in [6.45, 7) is 4.00. The monoisotopic (exact) mass is 364 g/mol. The molecule has 0 spiro atoms. The molecule has 26 heavy (non-hydrogen) atoms. The van der Waals surface area contributed by atoms with Gasteiger partial charge in [0.05, 0.1) is 12.7 Å². The van der Waals surface area contributed by atoms with Crippen LogP contribution in [0.1, 0.15) is 25.0 Å². The molecular formula is C23H21FOS. The molecule has 0 saturated heterocycles. The highest BCUT2D eigenvalue weighted by Gasteiger charge is 2.03. The fraction of sp³-hybridized carbons (Fsp3) is 0.130. The molecule has 0 fully saturated rings. The van der Waals surface area contributed by atoms with Crippen molar-refractivity contribution in [2.24, 2.45) is 0 Å². The third kappa shape index (κ3) is 5.15. The van der Waals surface area contributed by atoms with Gasteiger partial charge in [-0.2, -0.15) is 0 Å². The van der Waals surface area contributed by atoms with Crippen molar-refractivity contribution in [2.45, 2.75) is 18.7 Å². The average Bonchev–Trinajstić information content (AvgIpc) is 2.69. The second-order valence-corrected chi connectivity index (χ2v) is 5.74. The minimum Gasteiger partial charge on any atom is -0.497 e. The van der Waals surface area contributed by atoms with Crippen LogP contribution in [0.2, 0.25) is 0 Å². The molecule has 0 N–H and O–H groups in total. The summed E-state index contributed by atoms with van der Waals surface area (Å²) in [5.41, 5.74) is 2.95. The molecular weight excluding hydrogens is 343 g/mol. The Morgan fingerprint density at radius 2 is 1.42 bits per heavy atom. The fourth-order valence-corrected chi connectivity index (χ4v) is 2.41. The molecule has 132 valence electrons. The first-order valence-electron chi connectivity index (χ1n) is 8.41. The zero-order valence-electron chi connectivity index (χ0n) is 15.1. The number of hydrogen-bond donors (Lipinski definition) is 1. The van der Waals surface area contributed by atoms with Crippen molar-refractivity contribution in [1.29, 1.82) is 0 Å². The van der Waals surface area contributed by atoms with E-state index in [-0.39, 0.29) is 5.82 Å². The van der Waals surface area contributed by atoms with E-state index in [1.165, 1.54) is 6.07 Å². The van der Waals surface area contributed by atoms with Crippen molar-refractivity contribution in [2.75, 3.05) is 7.11 Å². The lowest BCUT2D eigenvalue weighted by Gasteiger charge is -2.03. The Bertz CT molecular complexity index is 904. The summed E-state index contributed by atoms with van der Waals surface area (Å²) >= 11 is 4.26. The summed E-state index contributed by atoms with van der Waals surface area (Å²) < 4.78 is 19.4. The first-order valence-corrected chi connectivity index (χ1v) is 8.85. The predicted molar refractivity (Wildman–Crippen MR) is 109 cm³/mol. The summed E-state index contributed by atoms with van der Waals surface area (Å²) in [6, 6.07) is 20.0. The van der Waals surface area contributed by atoms with Gasteiger partial charge in [-0.05, 0) is 59.7 Å². The normalized spacial score (nSPS) is 9.42. The van der Waals surface area contributed by atoms with E-state index in [9.17, 15) is 4.39 Å². The summed E-state index contributed by atoms with van der Waals surface area (Å²) in [5, 5.41) is 0. The summed E-state index contributed by atoms with van der Waals surface area (Å²) in [5.74, 6) is 6.28. The van der Waals surface area contributed by atoms with Crippen LogP contribution < -0.4 is 4.74 Å². The largest absolute Gasteiger partial charge is 0.497 e. The smallest absolute Gasteiger partial charge is 0.139 e. The van der Waals surface area contributed by atoms with E-state index in [1.54, 1.807) is 13.2 Å². The van der Waals surface area contributed by atoms with E-state index in [0.29, 0.717) is 5.56 Å². The Balaban J connectivity index is 0.00000117. The van der Waals surface area contributed by atoms with Crippen LogP contribution in [0.15, 0.2) is 71.6 Å². The predicted octanol–water partition coefficient (Wildman–Crippen LogP) is 6.22. The molecule has 0 amide bonds. The maximum atomic E-state index is 14.3. The number of rotatable bonds is 2. The van der Waals surface area contributed by atoms with Gasteiger partial charge in [-0.15, -0.1) is 12.6 Å². The molecule has 0 aliphatic rings. The maximum Gasteiger partial charge on any atom is 0.139 e. The van der Waals surface area contributed by atoms with E-state index < -0.39 is 0 Å². The van der Waals surface area contributed by atoms with Gasteiger partial charge in [0.2, 0.25) is 0 Å². The lowest BCUT2D eigenvalue weighted by molar-refractivity contribution is 0.415. The molecule has 0 aliphatic carbocycles. The Labute approximate surface area is 160 Å². The molecule has 0 atom stereocenters. The van der Waals surface area contributed by atoms with Crippen molar-refractivity contribution >= 4 is 12.6 Å². The van der Waals surface area contributed by atoms with Gasteiger partial charge in [0.25, 0.3) is 0 Å². The van der Waals surface area contributed by atoms with Gasteiger partial charge in [0.1, 0.15) is 11.6 Å². The molecule has 3 rings (SSSR count). The number of methoxy groups -OCH3 is 1. The van der Waals surface area contributed by atoms with E-state index in [4.69, 9.17) is 4.74 Å². The Morgan fingerprint density at radius 1 is 0.808 bits per heavy atom. The molecule has 3 aromatic rings. The number of ether oxygens (including phenoxy) is 1. The van der Waals surface area contributed by atoms with Gasteiger partial charge in [0.15, 0.2) is 0 Å². The van der Waals surface area contributed by atoms with Crippen LogP contribution in [0.5, 0.6) is 5.75 Å². The van der Waals surface area contributed by atoms with Gasteiger partial charge in [0, 0.05) is 10.5 Å². The fourth-order valence-electron chi connectivity index (χ4n) is 2.26. The Hall–Kier alpha value is -2.70. The van der Waals surface area contributed by atoms with E-state index in [1.807, 2.05) is 68.4 Å².